The van der Waals surface area contributed by atoms with E-state index in [0.717, 1.165) is 25.9 Å². The van der Waals surface area contributed by atoms with Crippen molar-refractivity contribution in [1.29, 1.82) is 0 Å². The van der Waals surface area contributed by atoms with Gasteiger partial charge in [-0.2, -0.15) is 4.98 Å². The van der Waals surface area contributed by atoms with E-state index in [0.29, 0.717) is 17.6 Å². The monoisotopic (exact) mass is 285 g/mol. The van der Waals surface area contributed by atoms with Gasteiger partial charge in [-0.3, -0.25) is 0 Å². The summed E-state index contributed by atoms with van der Waals surface area (Å²) >= 11 is 0. The summed E-state index contributed by atoms with van der Waals surface area (Å²) in [6.07, 6.45) is 1.60. The molecule has 1 aliphatic heterocycles. The highest BCUT2D eigenvalue weighted by molar-refractivity contribution is 5.13. The summed E-state index contributed by atoms with van der Waals surface area (Å²) in [7, 11) is 0. The molecule has 1 N–H and O–H groups in total. The van der Waals surface area contributed by atoms with E-state index in [1.807, 2.05) is 0 Å². The van der Waals surface area contributed by atoms with Gasteiger partial charge in [0.25, 0.3) is 0 Å². The molecule has 1 saturated carbocycles. The molecule has 1 aromatic heterocycles. The molecule has 0 unspecified atom stereocenters. The molecule has 0 radical (unpaired) electrons. The third-order valence-electron chi connectivity index (χ3n) is 4.93. The number of halogens is 2. The molecular formula is C14H21F2N3O. The van der Waals surface area contributed by atoms with E-state index in [1.165, 1.54) is 0 Å². The van der Waals surface area contributed by atoms with E-state index in [4.69, 9.17) is 4.52 Å². The number of rotatable bonds is 3. The normalized spacial score (nSPS) is 25.6. The van der Waals surface area contributed by atoms with Gasteiger partial charge in [0, 0.05) is 24.2 Å². The van der Waals surface area contributed by atoms with Gasteiger partial charge in [-0.05, 0) is 31.8 Å². The summed E-state index contributed by atoms with van der Waals surface area (Å²) in [6, 6.07) is 0. The zero-order valence-electron chi connectivity index (χ0n) is 12.0. The quantitative estimate of drug-likeness (QED) is 0.927. The molecule has 3 rings (SSSR count). The van der Waals surface area contributed by atoms with Crippen LogP contribution in [0.2, 0.25) is 0 Å². The largest absolute Gasteiger partial charge is 0.339 e. The zero-order chi connectivity index (χ0) is 14.4. The molecule has 1 aromatic rings. The SMILES string of the molecule is CC(C)C1(c2noc(C3CC(F)(F)C3)n2)CCNCC1. The van der Waals surface area contributed by atoms with E-state index in [1.54, 1.807) is 0 Å². The summed E-state index contributed by atoms with van der Waals surface area (Å²) in [6.45, 7) is 6.20. The van der Waals surface area contributed by atoms with Gasteiger partial charge >= 0.3 is 0 Å². The van der Waals surface area contributed by atoms with Gasteiger partial charge in [0.05, 0.1) is 0 Å². The molecule has 0 spiro atoms. The molecule has 6 heteroatoms. The summed E-state index contributed by atoms with van der Waals surface area (Å²) < 4.78 is 31.2. The molecule has 112 valence electrons. The molecule has 1 saturated heterocycles. The summed E-state index contributed by atoms with van der Waals surface area (Å²) in [5.41, 5.74) is -0.0841. The Kier molecular flexibility index (Phi) is 3.31. The van der Waals surface area contributed by atoms with Crippen LogP contribution in [0.4, 0.5) is 8.78 Å². The Hall–Kier alpha value is -1.04. The summed E-state index contributed by atoms with van der Waals surface area (Å²) in [4.78, 5) is 4.48. The van der Waals surface area contributed by atoms with E-state index in [9.17, 15) is 8.78 Å². The van der Waals surface area contributed by atoms with Crippen molar-refractivity contribution in [3.05, 3.63) is 11.7 Å². The highest BCUT2D eigenvalue weighted by atomic mass is 19.3. The van der Waals surface area contributed by atoms with Gasteiger partial charge in [0.15, 0.2) is 5.82 Å². The maximum absolute atomic E-state index is 12.9. The van der Waals surface area contributed by atoms with Gasteiger partial charge in [-0.25, -0.2) is 8.78 Å². The van der Waals surface area contributed by atoms with E-state index in [2.05, 4.69) is 29.3 Å². The van der Waals surface area contributed by atoms with Gasteiger partial charge in [0.1, 0.15) is 0 Å². The van der Waals surface area contributed by atoms with Crippen molar-refractivity contribution in [1.82, 2.24) is 15.5 Å². The predicted octanol–water partition coefficient (Wildman–Crippen LogP) is 2.86. The molecule has 1 aliphatic carbocycles. The second-order valence-electron chi connectivity index (χ2n) is 6.48. The highest BCUT2D eigenvalue weighted by Crippen LogP contribution is 2.48. The van der Waals surface area contributed by atoms with Crippen LogP contribution < -0.4 is 5.32 Å². The smallest absolute Gasteiger partial charge is 0.249 e. The van der Waals surface area contributed by atoms with Crippen LogP contribution in [-0.4, -0.2) is 29.2 Å². The first kappa shape index (κ1) is 13.9. The molecule has 0 bridgehead atoms. The minimum atomic E-state index is -2.55. The third kappa shape index (κ3) is 2.24. The first-order valence-electron chi connectivity index (χ1n) is 7.36. The summed E-state index contributed by atoms with van der Waals surface area (Å²) in [5.74, 6) is -1.32. The number of piperidine rings is 1. The van der Waals surface area contributed by atoms with Gasteiger partial charge in [0.2, 0.25) is 11.8 Å². The molecule has 4 nitrogen and oxygen atoms in total. The van der Waals surface area contributed by atoms with Crippen LogP contribution >= 0.6 is 0 Å². The van der Waals surface area contributed by atoms with Crippen molar-refractivity contribution >= 4 is 0 Å². The lowest BCUT2D eigenvalue weighted by molar-refractivity contribution is -0.0925. The zero-order valence-corrected chi connectivity index (χ0v) is 12.0. The van der Waals surface area contributed by atoms with Crippen LogP contribution in [0.3, 0.4) is 0 Å². The first-order chi connectivity index (χ1) is 9.43. The van der Waals surface area contributed by atoms with Crippen LogP contribution in [0.15, 0.2) is 4.52 Å². The molecule has 2 aliphatic rings. The van der Waals surface area contributed by atoms with Crippen molar-refractivity contribution in [2.75, 3.05) is 13.1 Å². The lowest BCUT2D eigenvalue weighted by Crippen LogP contribution is -2.44. The predicted molar refractivity (Wildman–Crippen MR) is 69.8 cm³/mol. The fourth-order valence-electron chi connectivity index (χ4n) is 3.37. The van der Waals surface area contributed by atoms with Gasteiger partial charge in [-0.15, -0.1) is 0 Å². The first-order valence-corrected chi connectivity index (χ1v) is 7.36. The van der Waals surface area contributed by atoms with Crippen molar-refractivity contribution in [3.63, 3.8) is 0 Å². The van der Waals surface area contributed by atoms with Crippen molar-refractivity contribution in [2.24, 2.45) is 5.92 Å². The van der Waals surface area contributed by atoms with E-state index >= 15 is 0 Å². The second kappa shape index (κ2) is 4.76. The fourth-order valence-corrected chi connectivity index (χ4v) is 3.37. The fraction of sp³-hybridized carbons (Fsp3) is 0.857. The van der Waals surface area contributed by atoms with Gasteiger partial charge in [-0.1, -0.05) is 19.0 Å². The highest BCUT2D eigenvalue weighted by Gasteiger charge is 2.49. The Morgan fingerprint density at radius 1 is 1.25 bits per heavy atom. The Morgan fingerprint density at radius 2 is 1.90 bits per heavy atom. The standard InChI is InChI=1S/C14H21F2N3O/c1-9(2)13(3-5-17-6-4-13)12-18-11(20-19-12)10-7-14(15,16)8-10/h9-10,17H,3-8H2,1-2H3. The molecule has 0 amide bonds. The maximum atomic E-state index is 12.9. The minimum absolute atomic E-state index is 0.0841. The van der Waals surface area contributed by atoms with Crippen LogP contribution in [0.1, 0.15) is 57.2 Å². The number of nitrogens with zero attached hydrogens (tertiary/aromatic N) is 2. The minimum Gasteiger partial charge on any atom is -0.339 e. The Bertz CT molecular complexity index is 473. The van der Waals surface area contributed by atoms with Crippen LogP contribution in [0.25, 0.3) is 0 Å². The third-order valence-corrected chi connectivity index (χ3v) is 4.93. The lowest BCUT2D eigenvalue weighted by Gasteiger charge is -2.38. The van der Waals surface area contributed by atoms with E-state index in [-0.39, 0.29) is 24.2 Å². The summed E-state index contributed by atoms with van der Waals surface area (Å²) in [5, 5.41) is 7.47. The average molecular weight is 285 g/mol. The number of hydrogen-bond acceptors (Lipinski definition) is 4. The lowest BCUT2D eigenvalue weighted by atomic mass is 9.70. The van der Waals surface area contributed by atoms with Gasteiger partial charge < -0.3 is 9.84 Å². The Morgan fingerprint density at radius 3 is 2.45 bits per heavy atom. The van der Waals surface area contributed by atoms with Crippen LogP contribution in [-0.2, 0) is 5.41 Å². The Balaban J connectivity index is 1.81. The molecule has 0 atom stereocenters. The van der Waals surface area contributed by atoms with Crippen molar-refractivity contribution in [2.45, 2.75) is 56.8 Å². The molecule has 20 heavy (non-hydrogen) atoms. The Labute approximate surface area is 117 Å². The molecule has 0 aromatic carbocycles. The molecular weight excluding hydrogens is 264 g/mol. The average Bonchev–Trinajstić information content (AvgIpc) is 2.86. The number of hydrogen-bond donors (Lipinski definition) is 1. The molecule has 2 fully saturated rings. The van der Waals surface area contributed by atoms with Crippen LogP contribution in [0, 0.1) is 5.92 Å². The topological polar surface area (TPSA) is 51.0 Å². The number of aromatic nitrogens is 2. The van der Waals surface area contributed by atoms with E-state index < -0.39 is 5.92 Å². The number of nitrogens with one attached hydrogen (secondary N) is 1. The maximum Gasteiger partial charge on any atom is 0.249 e. The second-order valence-corrected chi connectivity index (χ2v) is 6.48. The van der Waals surface area contributed by atoms with Crippen molar-refractivity contribution < 1.29 is 13.3 Å². The molecule has 2 heterocycles. The number of alkyl halides is 2. The van der Waals surface area contributed by atoms with Crippen molar-refractivity contribution in [3.8, 4) is 0 Å². The van der Waals surface area contributed by atoms with Crippen LogP contribution in [0.5, 0.6) is 0 Å².